The third-order valence-corrected chi connectivity index (χ3v) is 5.14. The maximum Gasteiger partial charge on any atom is 0.214 e. The predicted molar refractivity (Wildman–Crippen MR) is 72.7 cm³/mol. The fourth-order valence-electron chi connectivity index (χ4n) is 2.25. The van der Waals surface area contributed by atoms with Crippen molar-refractivity contribution in [1.29, 1.82) is 0 Å². The second kappa shape index (κ2) is 5.82. The van der Waals surface area contributed by atoms with Crippen molar-refractivity contribution in [2.75, 3.05) is 18.8 Å². The third kappa shape index (κ3) is 3.54. The minimum absolute atomic E-state index is 0.00903. The SMILES string of the molecule is NC1CCCN(S(=O)(=O)CCc2ccccc2)C1. The number of piperidine rings is 1. The van der Waals surface area contributed by atoms with E-state index in [0.717, 1.165) is 18.4 Å². The van der Waals surface area contributed by atoms with E-state index < -0.39 is 10.0 Å². The van der Waals surface area contributed by atoms with Crippen LogP contribution in [0.4, 0.5) is 0 Å². The number of sulfonamides is 1. The molecule has 4 nitrogen and oxygen atoms in total. The van der Waals surface area contributed by atoms with Crippen LogP contribution in [0.5, 0.6) is 0 Å². The molecule has 0 aromatic heterocycles. The molecule has 1 heterocycles. The first-order valence-corrected chi connectivity index (χ1v) is 7.96. The summed E-state index contributed by atoms with van der Waals surface area (Å²) in [5.74, 6) is 0.170. The number of benzene rings is 1. The second-order valence-electron chi connectivity index (χ2n) is 4.81. The summed E-state index contributed by atoms with van der Waals surface area (Å²) in [4.78, 5) is 0. The largest absolute Gasteiger partial charge is 0.327 e. The molecule has 1 aromatic carbocycles. The van der Waals surface area contributed by atoms with E-state index in [4.69, 9.17) is 5.73 Å². The Morgan fingerprint density at radius 1 is 1.28 bits per heavy atom. The van der Waals surface area contributed by atoms with Crippen LogP contribution >= 0.6 is 0 Å². The van der Waals surface area contributed by atoms with Crippen LogP contribution in [0.15, 0.2) is 30.3 Å². The van der Waals surface area contributed by atoms with Gasteiger partial charge in [0.1, 0.15) is 0 Å². The number of rotatable bonds is 4. The summed E-state index contributed by atoms with van der Waals surface area (Å²) in [7, 11) is -3.16. The average molecular weight is 268 g/mol. The van der Waals surface area contributed by atoms with Crippen LogP contribution in [0.1, 0.15) is 18.4 Å². The summed E-state index contributed by atoms with van der Waals surface area (Å²) < 4.78 is 25.9. The van der Waals surface area contributed by atoms with Crippen molar-refractivity contribution in [1.82, 2.24) is 4.31 Å². The first kappa shape index (κ1) is 13.5. The van der Waals surface area contributed by atoms with Crippen molar-refractivity contribution in [3.63, 3.8) is 0 Å². The molecule has 2 rings (SSSR count). The van der Waals surface area contributed by atoms with E-state index in [1.165, 1.54) is 0 Å². The van der Waals surface area contributed by atoms with Crippen LogP contribution in [0, 0.1) is 0 Å². The molecule has 18 heavy (non-hydrogen) atoms. The zero-order valence-corrected chi connectivity index (χ0v) is 11.3. The van der Waals surface area contributed by atoms with Gasteiger partial charge in [-0.15, -0.1) is 0 Å². The van der Waals surface area contributed by atoms with Gasteiger partial charge in [0.15, 0.2) is 0 Å². The summed E-state index contributed by atoms with van der Waals surface area (Å²) in [6.45, 7) is 1.09. The van der Waals surface area contributed by atoms with Crippen molar-refractivity contribution < 1.29 is 8.42 Å². The number of nitrogens with two attached hydrogens (primary N) is 1. The molecule has 0 saturated carbocycles. The number of aryl methyl sites for hydroxylation is 1. The summed E-state index contributed by atoms with van der Waals surface area (Å²) in [5.41, 5.74) is 6.88. The Morgan fingerprint density at radius 2 is 2.00 bits per heavy atom. The van der Waals surface area contributed by atoms with Crippen LogP contribution < -0.4 is 5.73 Å². The average Bonchev–Trinajstić information content (AvgIpc) is 2.38. The van der Waals surface area contributed by atoms with Crippen molar-refractivity contribution in [2.24, 2.45) is 5.73 Å². The molecule has 1 saturated heterocycles. The molecule has 0 spiro atoms. The lowest BCUT2D eigenvalue weighted by molar-refractivity contribution is 0.316. The van der Waals surface area contributed by atoms with E-state index in [2.05, 4.69) is 0 Å². The monoisotopic (exact) mass is 268 g/mol. The van der Waals surface area contributed by atoms with Gasteiger partial charge < -0.3 is 5.73 Å². The van der Waals surface area contributed by atoms with E-state index >= 15 is 0 Å². The summed E-state index contributed by atoms with van der Waals surface area (Å²) in [5, 5.41) is 0. The lowest BCUT2D eigenvalue weighted by Crippen LogP contribution is -2.46. The molecule has 1 aliphatic rings. The fraction of sp³-hybridized carbons (Fsp3) is 0.538. The molecule has 1 aromatic rings. The fourth-order valence-corrected chi connectivity index (χ4v) is 3.82. The lowest BCUT2D eigenvalue weighted by Gasteiger charge is -2.29. The number of hydrogen-bond donors (Lipinski definition) is 1. The highest BCUT2D eigenvalue weighted by Crippen LogP contribution is 2.14. The topological polar surface area (TPSA) is 63.4 Å². The molecule has 5 heteroatoms. The van der Waals surface area contributed by atoms with E-state index in [-0.39, 0.29) is 11.8 Å². The molecule has 1 aliphatic heterocycles. The Bertz CT molecular complexity index is 473. The third-order valence-electron chi connectivity index (χ3n) is 3.31. The van der Waals surface area contributed by atoms with Gasteiger partial charge in [-0.25, -0.2) is 12.7 Å². The normalized spacial score (nSPS) is 21.9. The molecular weight excluding hydrogens is 248 g/mol. The predicted octanol–water partition coefficient (Wildman–Crippen LogP) is 0.982. The summed E-state index contributed by atoms with van der Waals surface area (Å²) in [6.07, 6.45) is 2.35. The summed E-state index contributed by atoms with van der Waals surface area (Å²) in [6, 6.07) is 9.69. The molecule has 1 unspecified atom stereocenters. The van der Waals surface area contributed by atoms with Crippen LogP contribution in [-0.2, 0) is 16.4 Å². The van der Waals surface area contributed by atoms with Crippen LogP contribution in [0.2, 0.25) is 0 Å². The van der Waals surface area contributed by atoms with Crippen molar-refractivity contribution >= 4 is 10.0 Å². The van der Waals surface area contributed by atoms with E-state index in [0.29, 0.717) is 19.5 Å². The minimum Gasteiger partial charge on any atom is -0.327 e. The Hall–Kier alpha value is -0.910. The van der Waals surface area contributed by atoms with E-state index in [1.807, 2.05) is 30.3 Å². The quantitative estimate of drug-likeness (QED) is 0.885. The van der Waals surface area contributed by atoms with Crippen LogP contribution in [0.3, 0.4) is 0 Å². The Kier molecular flexibility index (Phi) is 4.37. The van der Waals surface area contributed by atoms with Gasteiger partial charge in [-0.1, -0.05) is 30.3 Å². The van der Waals surface area contributed by atoms with Gasteiger partial charge >= 0.3 is 0 Å². The first-order chi connectivity index (χ1) is 8.58. The van der Waals surface area contributed by atoms with Crippen molar-refractivity contribution in [3.8, 4) is 0 Å². The van der Waals surface area contributed by atoms with Gasteiger partial charge in [0.25, 0.3) is 0 Å². The number of hydrogen-bond acceptors (Lipinski definition) is 3. The minimum atomic E-state index is -3.16. The van der Waals surface area contributed by atoms with Crippen LogP contribution in [-0.4, -0.2) is 37.6 Å². The van der Waals surface area contributed by atoms with Gasteiger partial charge in [-0.2, -0.15) is 0 Å². The molecule has 1 atom stereocenters. The zero-order chi connectivity index (χ0) is 13.0. The van der Waals surface area contributed by atoms with Crippen molar-refractivity contribution in [3.05, 3.63) is 35.9 Å². The molecule has 0 amide bonds. The molecule has 0 radical (unpaired) electrons. The highest BCUT2D eigenvalue weighted by molar-refractivity contribution is 7.89. The standard InChI is InChI=1S/C13H20N2O2S/c14-13-7-4-9-15(11-13)18(16,17)10-8-12-5-2-1-3-6-12/h1-3,5-6,13H,4,7-11,14H2. The Morgan fingerprint density at radius 3 is 2.67 bits per heavy atom. The van der Waals surface area contributed by atoms with Crippen molar-refractivity contribution in [2.45, 2.75) is 25.3 Å². The Labute approximate surface area is 109 Å². The highest BCUT2D eigenvalue weighted by atomic mass is 32.2. The second-order valence-corrected chi connectivity index (χ2v) is 6.90. The maximum atomic E-state index is 12.2. The smallest absolute Gasteiger partial charge is 0.214 e. The molecule has 0 aliphatic carbocycles. The summed E-state index contributed by atoms with van der Waals surface area (Å²) >= 11 is 0. The van der Waals surface area contributed by atoms with E-state index in [9.17, 15) is 8.42 Å². The molecule has 100 valence electrons. The van der Waals surface area contributed by atoms with Gasteiger partial charge in [0.05, 0.1) is 5.75 Å². The van der Waals surface area contributed by atoms with Gasteiger partial charge in [-0.05, 0) is 24.8 Å². The lowest BCUT2D eigenvalue weighted by atomic mass is 10.1. The first-order valence-electron chi connectivity index (χ1n) is 6.35. The van der Waals surface area contributed by atoms with Gasteiger partial charge in [0, 0.05) is 19.1 Å². The molecule has 1 fully saturated rings. The Balaban J connectivity index is 1.95. The maximum absolute atomic E-state index is 12.2. The van der Waals surface area contributed by atoms with Gasteiger partial charge in [0.2, 0.25) is 10.0 Å². The highest BCUT2D eigenvalue weighted by Gasteiger charge is 2.26. The molecule has 0 bridgehead atoms. The molecule has 2 N–H and O–H groups in total. The zero-order valence-electron chi connectivity index (χ0n) is 10.5. The van der Waals surface area contributed by atoms with Gasteiger partial charge in [-0.3, -0.25) is 0 Å². The number of nitrogens with zero attached hydrogens (tertiary/aromatic N) is 1. The van der Waals surface area contributed by atoms with E-state index in [1.54, 1.807) is 4.31 Å². The van der Waals surface area contributed by atoms with Crippen LogP contribution in [0.25, 0.3) is 0 Å². The molecular formula is C13H20N2O2S.